The molecular weight excluding hydrogens is 272 g/mol. The normalized spacial score (nSPS) is 10.5. The van der Waals surface area contributed by atoms with Gasteiger partial charge in [0.05, 0.1) is 5.02 Å². The van der Waals surface area contributed by atoms with Gasteiger partial charge in [-0.15, -0.1) is 0 Å². The molecule has 0 aliphatic rings. The molecule has 0 unspecified atom stereocenters. The molecule has 5 heteroatoms. The van der Waals surface area contributed by atoms with Crippen molar-refractivity contribution < 1.29 is 13.6 Å². The van der Waals surface area contributed by atoms with Crippen LogP contribution in [0.15, 0.2) is 36.4 Å². The standard InChI is InChI=1S/C14H10ClF2NO/c15-11-3-1-2-8(14(11)17)6-13(19)10-7-9(16)4-5-12(10)18/h1-5,7H,6,18H2. The smallest absolute Gasteiger partial charge is 0.169 e. The zero-order valence-corrected chi connectivity index (χ0v) is 10.5. The van der Waals surface area contributed by atoms with E-state index >= 15 is 0 Å². The van der Waals surface area contributed by atoms with E-state index in [1.54, 1.807) is 6.07 Å². The molecule has 2 nitrogen and oxygen atoms in total. The topological polar surface area (TPSA) is 43.1 Å². The van der Waals surface area contributed by atoms with E-state index in [0.29, 0.717) is 0 Å². The van der Waals surface area contributed by atoms with Crippen molar-refractivity contribution >= 4 is 23.1 Å². The van der Waals surface area contributed by atoms with Crippen LogP contribution in [0, 0.1) is 11.6 Å². The summed E-state index contributed by atoms with van der Waals surface area (Å²) in [6.45, 7) is 0. The fourth-order valence-corrected chi connectivity index (χ4v) is 1.92. The van der Waals surface area contributed by atoms with Gasteiger partial charge in [-0.1, -0.05) is 23.7 Å². The van der Waals surface area contributed by atoms with Gasteiger partial charge in [-0.25, -0.2) is 8.78 Å². The number of rotatable bonds is 3. The van der Waals surface area contributed by atoms with Crippen LogP contribution in [0.2, 0.25) is 5.02 Å². The lowest BCUT2D eigenvalue weighted by atomic mass is 10.0. The van der Waals surface area contributed by atoms with Crippen molar-refractivity contribution in [1.29, 1.82) is 0 Å². The molecule has 0 saturated heterocycles. The van der Waals surface area contributed by atoms with Crippen molar-refractivity contribution in [3.05, 3.63) is 64.2 Å². The van der Waals surface area contributed by atoms with E-state index in [-0.39, 0.29) is 28.3 Å². The summed E-state index contributed by atoms with van der Waals surface area (Å²) in [4.78, 5) is 12.0. The van der Waals surface area contributed by atoms with Gasteiger partial charge in [0.2, 0.25) is 0 Å². The minimum absolute atomic E-state index is 0.0411. The third-order valence-electron chi connectivity index (χ3n) is 2.70. The summed E-state index contributed by atoms with van der Waals surface area (Å²) in [5.74, 6) is -1.67. The first-order valence-corrected chi connectivity index (χ1v) is 5.88. The molecule has 0 aliphatic heterocycles. The number of halogens is 3. The summed E-state index contributed by atoms with van der Waals surface area (Å²) in [5, 5.41) is -0.0579. The Morgan fingerprint density at radius 1 is 1.21 bits per heavy atom. The Morgan fingerprint density at radius 2 is 1.95 bits per heavy atom. The molecule has 2 aromatic carbocycles. The van der Waals surface area contributed by atoms with Crippen molar-refractivity contribution in [3.63, 3.8) is 0 Å². The largest absolute Gasteiger partial charge is 0.398 e. The molecule has 0 fully saturated rings. The highest BCUT2D eigenvalue weighted by Crippen LogP contribution is 2.21. The van der Waals surface area contributed by atoms with E-state index in [1.807, 2.05) is 0 Å². The SMILES string of the molecule is Nc1ccc(F)cc1C(=O)Cc1cccc(Cl)c1F. The molecule has 0 heterocycles. The maximum Gasteiger partial charge on any atom is 0.169 e. The van der Waals surface area contributed by atoms with Gasteiger partial charge in [0.15, 0.2) is 5.78 Å². The van der Waals surface area contributed by atoms with Crippen molar-refractivity contribution in [2.24, 2.45) is 0 Å². The Morgan fingerprint density at radius 3 is 2.68 bits per heavy atom. The molecule has 0 atom stereocenters. The van der Waals surface area contributed by atoms with Gasteiger partial charge >= 0.3 is 0 Å². The summed E-state index contributed by atoms with van der Waals surface area (Å²) in [6, 6.07) is 7.89. The Hall–Kier alpha value is -1.94. The fourth-order valence-electron chi connectivity index (χ4n) is 1.72. The molecule has 0 spiro atoms. The predicted octanol–water partition coefficient (Wildman–Crippen LogP) is 3.63. The Balaban J connectivity index is 2.31. The van der Waals surface area contributed by atoms with Gasteiger partial charge in [0.25, 0.3) is 0 Å². The Kier molecular flexibility index (Phi) is 3.81. The number of ketones is 1. The fraction of sp³-hybridized carbons (Fsp3) is 0.0714. The number of Topliss-reactive ketones (excluding diaryl/α,β-unsaturated/α-hetero) is 1. The van der Waals surface area contributed by atoms with Crippen molar-refractivity contribution in [3.8, 4) is 0 Å². The average Bonchev–Trinajstić information content (AvgIpc) is 2.38. The van der Waals surface area contributed by atoms with E-state index in [4.69, 9.17) is 17.3 Å². The lowest BCUT2D eigenvalue weighted by molar-refractivity contribution is 0.0992. The number of carbonyl (C=O) groups is 1. The summed E-state index contributed by atoms with van der Waals surface area (Å²) in [5.41, 5.74) is 5.96. The van der Waals surface area contributed by atoms with Crippen LogP contribution in [0.1, 0.15) is 15.9 Å². The molecule has 0 bridgehead atoms. The van der Waals surface area contributed by atoms with Gasteiger partial charge in [-0.3, -0.25) is 4.79 Å². The first-order chi connectivity index (χ1) is 8.99. The summed E-state index contributed by atoms with van der Waals surface area (Å²) < 4.78 is 26.8. The number of anilines is 1. The van der Waals surface area contributed by atoms with E-state index in [2.05, 4.69) is 0 Å². The quantitative estimate of drug-likeness (QED) is 0.690. The van der Waals surface area contributed by atoms with E-state index in [9.17, 15) is 13.6 Å². The van der Waals surface area contributed by atoms with Gasteiger partial charge in [0.1, 0.15) is 11.6 Å². The van der Waals surface area contributed by atoms with Crippen LogP contribution in [0.4, 0.5) is 14.5 Å². The molecule has 0 radical (unpaired) electrons. The molecule has 2 N–H and O–H groups in total. The number of nitrogens with two attached hydrogens (primary N) is 1. The summed E-state index contributed by atoms with van der Waals surface area (Å²) in [6.07, 6.45) is -0.222. The second-order valence-corrected chi connectivity index (χ2v) is 4.45. The molecule has 0 aromatic heterocycles. The third-order valence-corrected chi connectivity index (χ3v) is 2.99. The number of nitrogen functional groups attached to an aromatic ring is 1. The molecule has 19 heavy (non-hydrogen) atoms. The zero-order valence-electron chi connectivity index (χ0n) is 9.79. The minimum Gasteiger partial charge on any atom is -0.398 e. The van der Waals surface area contributed by atoms with E-state index in [1.165, 1.54) is 18.2 Å². The number of hydrogen-bond donors (Lipinski definition) is 1. The van der Waals surface area contributed by atoms with Gasteiger partial charge < -0.3 is 5.73 Å². The minimum atomic E-state index is -0.646. The van der Waals surface area contributed by atoms with Gasteiger partial charge in [-0.2, -0.15) is 0 Å². The number of carbonyl (C=O) groups excluding carboxylic acids is 1. The van der Waals surface area contributed by atoms with Gasteiger partial charge in [0, 0.05) is 17.7 Å². The molecule has 0 saturated carbocycles. The first-order valence-electron chi connectivity index (χ1n) is 5.50. The molecule has 0 aliphatic carbocycles. The van der Waals surface area contributed by atoms with E-state index < -0.39 is 17.4 Å². The van der Waals surface area contributed by atoms with Crippen LogP contribution in [0.3, 0.4) is 0 Å². The summed E-state index contributed by atoms with van der Waals surface area (Å²) >= 11 is 5.63. The Labute approximate surface area is 113 Å². The average molecular weight is 282 g/mol. The number of benzene rings is 2. The molecule has 0 amide bonds. The maximum atomic E-state index is 13.7. The highest BCUT2D eigenvalue weighted by atomic mass is 35.5. The highest BCUT2D eigenvalue weighted by Gasteiger charge is 2.15. The Bertz CT molecular complexity index is 643. The van der Waals surface area contributed by atoms with Crippen LogP contribution in [0.25, 0.3) is 0 Å². The molecule has 2 rings (SSSR count). The second kappa shape index (κ2) is 5.36. The van der Waals surface area contributed by atoms with Crippen LogP contribution in [-0.2, 0) is 6.42 Å². The van der Waals surface area contributed by atoms with Crippen molar-refractivity contribution in [2.75, 3.05) is 5.73 Å². The first kappa shape index (κ1) is 13.5. The molecule has 98 valence electrons. The molecular formula is C14H10ClF2NO. The monoisotopic (exact) mass is 281 g/mol. The van der Waals surface area contributed by atoms with E-state index in [0.717, 1.165) is 12.1 Å². The lowest BCUT2D eigenvalue weighted by Crippen LogP contribution is -2.08. The molecule has 2 aromatic rings. The van der Waals surface area contributed by atoms with Crippen LogP contribution >= 0.6 is 11.6 Å². The number of hydrogen-bond acceptors (Lipinski definition) is 2. The van der Waals surface area contributed by atoms with Crippen molar-refractivity contribution in [2.45, 2.75) is 6.42 Å². The summed E-state index contributed by atoms with van der Waals surface area (Å²) in [7, 11) is 0. The highest BCUT2D eigenvalue weighted by molar-refractivity contribution is 6.30. The van der Waals surface area contributed by atoms with Crippen LogP contribution in [-0.4, -0.2) is 5.78 Å². The van der Waals surface area contributed by atoms with Gasteiger partial charge in [-0.05, 0) is 29.8 Å². The zero-order chi connectivity index (χ0) is 14.0. The van der Waals surface area contributed by atoms with Crippen LogP contribution < -0.4 is 5.73 Å². The lowest BCUT2D eigenvalue weighted by Gasteiger charge is -2.06. The van der Waals surface area contributed by atoms with Crippen LogP contribution in [0.5, 0.6) is 0 Å². The third kappa shape index (κ3) is 2.90. The maximum absolute atomic E-state index is 13.7. The second-order valence-electron chi connectivity index (χ2n) is 4.04. The van der Waals surface area contributed by atoms with Crippen molar-refractivity contribution in [1.82, 2.24) is 0 Å². The predicted molar refractivity (Wildman–Crippen MR) is 70.3 cm³/mol.